The molecule has 3 rings (SSSR count). The molecule has 21 heavy (non-hydrogen) atoms. The van der Waals surface area contributed by atoms with Crippen LogP contribution in [-0.2, 0) is 0 Å². The Bertz CT molecular complexity index is 864. The van der Waals surface area contributed by atoms with Crippen LogP contribution in [0.4, 0.5) is 0 Å². The van der Waals surface area contributed by atoms with E-state index in [0.29, 0.717) is 5.56 Å². The van der Waals surface area contributed by atoms with E-state index in [1.807, 2.05) is 62.4 Å². The van der Waals surface area contributed by atoms with E-state index in [1.54, 1.807) is 0 Å². The number of aromatic amines is 1. The van der Waals surface area contributed by atoms with Crippen LogP contribution in [-0.4, -0.2) is 4.98 Å². The second-order valence-corrected chi connectivity index (χ2v) is 5.48. The molecule has 3 N–H and O–H groups in total. The molecule has 3 nitrogen and oxygen atoms in total. The van der Waals surface area contributed by atoms with Crippen molar-refractivity contribution in [1.82, 2.24) is 4.98 Å². The van der Waals surface area contributed by atoms with E-state index in [4.69, 9.17) is 5.73 Å². The Balaban J connectivity index is 2.16. The largest absolute Gasteiger partial charge is 0.322 e. The Hall–Kier alpha value is -2.39. The summed E-state index contributed by atoms with van der Waals surface area (Å²) in [5.41, 5.74) is 10.8. The molecule has 0 saturated heterocycles. The van der Waals surface area contributed by atoms with Crippen molar-refractivity contribution >= 4 is 10.9 Å². The summed E-state index contributed by atoms with van der Waals surface area (Å²) in [7, 11) is 0. The fraction of sp³-hybridized carbons (Fsp3) is 0.167. The second-order valence-electron chi connectivity index (χ2n) is 5.48. The van der Waals surface area contributed by atoms with Crippen LogP contribution < -0.4 is 11.3 Å². The van der Waals surface area contributed by atoms with Gasteiger partial charge in [-0.05, 0) is 48.1 Å². The average Bonchev–Trinajstić information content (AvgIpc) is 2.46. The highest BCUT2D eigenvalue weighted by Gasteiger charge is 2.15. The van der Waals surface area contributed by atoms with Crippen molar-refractivity contribution in [2.45, 2.75) is 19.9 Å². The zero-order valence-corrected chi connectivity index (χ0v) is 12.2. The van der Waals surface area contributed by atoms with Gasteiger partial charge in [0.15, 0.2) is 0 Å². The molecule has 3 heteroatoms. The van der Waals surface area contributed by atoms with Crippen LogP contribution in [0.15, 0.2) is 53.3 Å². The fourth-order valence-electron chi connectivity index (χ4n) is 2.67. The van der Waals surface area contributed by atoms with Gasteiger partial charge in [-0.1, -0.05) is 36.4 Å². The molecule has 0 amide bonds. The lowest BCUT2D eigenvalue weighted by molar-refractivity contribution is 0.845. The quantitative estimate of drug-likeness (QED) is 0.756. The van der Waals surface area contributed by atoms with Gasteiger partial charge in [0.2, 0.25) is 0 Å². The molecule has 0 fully saturated rings. The lowest BCUT2D eigenvalue weighted by atomic mass is 9.96. The molecular weight excluding hydrogens is 260 g/mol. The zero-order valence-electron chi connectivity index (χ0n) is 12.2. The molecule has 1 aromatic heterocycles. The third-order valence-corrected chi connectivity index (χ3v) is 3.89. The molecule has 0 aliphatic rings. The summed E-state index contributed by atoms with van der Waals surface area (Å²) in [5.74, 6) is 0. The van der Waals surface area contributed by atoms with Crippen molar-refractivity contribution < 1.29 is 0 Å². The summed E-state index contributed by atoms with van der Waals surface area (Å²) in [6, 6.07) is 15.4. The van der Waals surface area contributed by atoms with E-state index in [1.165, 1.54) is 0 Å². The predicted molar refractivity (Wildman–Crippen MR) is 86.5 cm³/mol. The first kappa shape index (κ1) is 13.6. The van der Waals surface area contributed by atoms with Gasteiger partial charge in [-0.25, -0.2) is 0 Å². The molecule has 3 aromatic rings. The Kier molecular flexibility index (Phi) is 3.35. The van der Waals surface area contributed by atoms with E-state index < -0.39 is 6.04 Å². The van der Waals surface area contributed by atoms with Gasteiger partial charge in [0.1, 0.15) is 0 Å². The van der Waals surface area contributed by atoms with Crippen LogP contribution in [0.3, 0.4) is 0 Å². The van der Waals surface area contributed by atoms with Crippen LogP contribution >= 0.6 is 0 Å². The standard InChI is InChI=1S/C18H18N2O/c1-11-7-8-13-10-15(18(21)20-16(13)9-11)17(19)14-6-4-3-5-12(14)2/h3-10,17H,19H2,1-2H3,(H,20,21). The molecule has 0 aliphatic carbocycles. The van der Waals surface area contributed by atoms with Crippen LogP contribution in [0.1, 0.15) is 28.3 Å². The minimum atomic E-state index is -0.416. The van der Waals surface area contributed by atoms with Crippen molar-refractivity contribution in [1.29, 1.82) is 0 Å². The number of pyridine rings is 1. The van der Waals surface area contributed by atoms with E-state index in [0.717, 1.165) is 27.6 Å². The van der Waals surface area contributed by atoms with Gasteiger partial charge in [-0.2, -0.15) is 0 Å². The van der Waals surface area contributed by atoms with Crippen molar-refractivity contribution in [3.63, 3.8) is 0 Å². The first-order valence-corrected chi connectivity index (χ1v) is 7.01. The van der Waals surface area contributed by atoms with Crippen molar-refractivity contribution in [2.24, 2.45) is 5.73 Å². The van der Waals surface area contributed by atoms with E-state index in [9.17, 15) is 4.79 Å². The summed E-state index contributed by atoms with van der Waals surface area (Å²) in [4.78, 5) is 15.3. The molecule has 0 saturated carbocycles. The number of hydrogen-bond donors (Lipinski definition) is 2. The average molecular weight is 278 g/mol. The Morgan fingerprint density at radius 2 is 1.76 bits per heavy atom. The third-order valence-electron chi connectivity index (χ3n) is 3.89. The smallest absolute Gasteiger partial charge is 0.253 e. The number of rotatable bonds is 2. The number of benzene rings is 2. The number of H-pyrrole nitrogens is 1. The van der Waals surface area contributed by atoms with E-state index >= 15 is 0 Å². The summed E-state index contributed by atoms with van der Waals surface area (Å²) >= 11 is 0. The maximum Gasteiger partial charge on any atom is 0.253 e. The van der Waals surface area contributed by atoms with Crippen LogP contribution in [0, 0.1) is 13.8 Å². The lowest BCUT2D eigenvalue weighted by Crippen LogP contribution is -2.23. The third kappa shape index (κ3) is 2.48. The summed E-state index contributed by atoms with van der Waals surface area (Å²) < 4.78 is 0. The minimum Gasteiger partial charge on any atom is -0.322 e. The Labute approximate surface area is 123 Å². The van der Waals surface area contributed by atoms with E-state index in [-0.39, 0.29) is 5.56 Å². The molecule has 0 bridgehead atoms. The molecule has 1 unspecified atom stereocenters. The van der Waals surface area contributed by atoms with Crippen LogP contribution in [0.25, 0.3) is 10.9 Å². The minimum absolute atomic E-state index is 0.121. The highest BCUT2D eigenvalue weighted by molar-refractivity contribution is 5.79. The molecular formula is C18H18N2O. The van der Waals surface area contributed by atoms with Gasteiger partial charge >= 0.3 is 0 Å². The molecule has 1 atom stereocenters. The topological polar surface area (TPSA) is 58.9 Å². The van der Waals surface area contributed by atoms with Gasteiger partial charge in [-0.15, -0.1) is 0 Å². The monoisotopic (exact) mass is 278 g/mol. The fourth-order valence-corrected chi connectivity index (χ4v) is 2.67. The number of hydrogen-bond acceptors (Lipinski definition) is 2. The highest BCUT2D eigenvalue weighted by Crippen LogP contribution is 2.22. The van der Waals surface area contributed by atoms with Crippen LogP contribution in [0.2, 0.25) is 0 Å². The summed E-state index contributed by atoms with van der Waals surface area (Å²) in [5, 5.41) is 0.999. The first-order chi connectivity index (χ1) is 10.1. The molecule has 2 aromatic carbocycles. The van der Waals surface area contributed by atoms with Gasteiger partial charge in [0.05, 0.1) is 6.04 Å². The molecule has 1 heterocycles. The Morgan fingerprint density at radius 3 is 2.52 bits per heavy atom. The Morgan fingerprint density at radius 1 is 1.00 bits per heavy atom. The predicted octanol–water partition coefficient (Wildman–Crippen LogP) is 3.19. The SMILES string of the molecule is Cc1ccc2cc(C(N)c3ccccc3C)c(=O)[nH]c2c1. The number of nitrogens with one attached hydrogen (secondary N) is 1. The molecule has 0 radical (unpaired) electrons. The first-order valence-electron chi connectivity index (χ1n) is 7.01. The van der Waals surface area contributed by atoms with Crippen molar-refractivity contribution in [3.05, 3.63) is 81.1 Å². The van der Waals surface area contributed by atoms with Gasteiger partial charge in [-0.3, -0.25) is 4.79 Å². The zero-order chi connectivity index (χ0) is 15.0. The maximum atomic E-state index is 12.3. The summed E-state index contributed by atoms with van der Waals surface area (Å²) in [6.45, 7) is 4.01. The second kappa shape index (κ2) is 5.19. The summed E-state index contributed by atoms with van der Waals surface area (Å²) in [6.07, 6.45) is 0. The maximum absolute atomic E-state index is 12.3. The van der Waals surface area contributed by atoms with E-state index in [2.05, 4.69) is 4.98 Å². The van der Waals surface area contributed by atoms with Gasteiger partial charge < -0.3 is 10.7 Å². The molecule has 0 aliphatic heterocycles. The number of aromatic nitrogens is 1. The normalized spacial score (nSPS) is 12.5. The van der Waals surface area contributed by atoms with Gasteiger partial charge in [0.25, 0.3) is 5.56 Å². The number of aryl methyl sites for hydroxylation is 2. The molecule has 0 spiro atoms. The number of fused-ring (bicyclic) bond motifs is 1. The lowest BCUT2D eigenvalue weighted by Gasteiger charge is -2.15. The highest BCUT2D eigenvalue weighted by atomic mass is 16.1. The number of nitrogens with two attached hydrogens (primary N) is 1. The van der Waals surface area contributed by atoms with Crippen molar-refractivity contribution in [3.8, 4) is 0 Å². The van der Waals surface area contributed by atoms with Crippen LogP contribution in [0.5, 0.6) is 0 Å². The van der Waals surface area contributed by atoms with Crippen molar-refractivity contribution in [2.75, 3.05) is 0 Å². The molecule has 106 valence electrons. The van der Waals surface area contributed by atoms with Gasteiger partial charge in [0, 0.05) is 11.1 Å².